The SMILES string of the molecule is CN=C(NCCNC(=O)c1ccc(C)c(F)c1)NCCc1c[nH]c2ccc(F)cc12. The summed E-state index contributed by atoms with van der Waals surface area (Å²) in [5.74, 6) is -0.394. The summed E-state index contributed by atoms with van der Waals surface area (Å²) in [6, 6.07) is 9.09. The molecule has 0 saturated heterocycles. The second-order valence-electron chi connectivity index (χ2n) is 6.90. The molecule has 4 N–H and O–H groups in total. The van der Waals surface area contributed by atoms with Crippen LogP contribution in [-0.2, 0) is 6.42 Å². The number of hydrogen-bond donors (Lipinski definition) is 4. The number of aliphatic imine (C=N–C) groups is 1. The fourth-order valence-corrected chi connectivity index (χ4v) is 3.09. The monoisotopic (exact) mass is 413 g/mol. The average molecular weight is 413 g/mol. The van der Waals surface area contributed by atoms with Gasteiger partial charge >= 0.3 is 0 Å². The van der Waals surface area contributed by atoms with E-state index in [-0.39, 0.29) is 17.3 Å². The molecule has 0 radical (unpaired) electrons. The van der Waals surface area contributed by atoms with E-state index in [2.05, 4.69) is 25.9 Å². The number of hydrogen-bond acceptors (Lipinski definition) is 2. The van der Waals surface area contributed by atoms with E-state index in [0.29, 0.717) is 37.6 Å². The first-order chi connectivity index (χ1) is 14.5. The van der Waals surface area contributed by atoms with Crippen molar-refractivity contribution < 1.29 is 13.6 Å². The quantitative estimate of drug-likeness (QED) is 0.273. The highest BCUT2D eigenvalue weighted by molar-refractivity contribution is 5.94. The number of carbonyl (C=O) groups excluding carboxylic acids is 1. The van der Waals surface area contributed by atoms with Gasteiger partial charge in [0, 0.05) is 49.3 Å². The zero-order chi connectivity index (χ0) is 21.5. The fourth-order valence-electron chi connectivity index (χ4n) is 3.09. The van der Waals surface area contributed by atoms with E-state index >= 15 is 0 Å². The predicted molar refractivity (Wildman–Crippen MR) is 115 cm³/mol. The Morgan fingerprint density at radius 3 is 2.57 bits per heavy atom. The average Bonchev–Trinajstić information content (AvgIpc) is 3.13. The minimum Gasteiger partial charge on any atom is -0.361 e. The molecular formula is C22H25F2N5O. The molecule has 1 amide bonds. The van der Waals surface area contributed by atoms with Gasteiger partial charge in [-0.05, 0) is 54.8 Å². The van der Waals surface area contributed by atoms with Crippen molar-refractivity contribution in [1.82, 2.24) is 20.9 Å². The fraction of sp³-hybridized carbons (Fsp3) is 0.273. The lowest BCUT2D eigenvalue weighted by Gasteiger charge is -2.12. The Morgan fingerprint density at radius 1 is 1.03 bits per heavy atom. The number of rotatable bonds is 7. The number of nitrogens with one attached hydrogen (secondary N) is 4. The number of benzene rings is 2. The van der Waals surface area contributed by atoms with Gasteiger partial charge in [0.1, 0.15) is 11.6 Å². The van der Waals surface area contributed by atoms with Crippen molar-refractivity contribution in [3.8, 4) is 0 Å². The number of amides is 1. The third kappa shape index (κ3) is 5.34. The van der Waals surface area contributed by atoms with Crippen molar-refractivity contribution in [2.24, 2.45) is 4.99 Å². The molecule has 30 heavy (non-hydrogen) atoms. The Labute approximate surface area is 173 Å². The Hall–Kier alpha value is -3.42. The molecule has 0 fully saturated rings. The first-order valence-electron chi connectivity index (χ1n) is 9.72. The molecule has 0 unspecified atom stereocenters. The van der Waals surface area contributed by atoms with Crippen molar-refractivity contribution in [2.45, 2.75) is 13.3 Å². The van der Waals surface area contributed by atoms with Gasteiger partial charge in [-0.1, -0.05) is 6.07 Å². The number of guanidine groups is 1. The number of aromatic amines is 1. The molecule has 158 valence electrons. The van der Waals surface area contributed by atoms with E-state index < -0.39 is 5.82 Å². The summed E-state index contributed by atoms with van der Waals surface area (Å²) in [7, 11) is 1.66. The molecule has 0 aliphatic carbocycles. The molecule has 1 aromatic heterocycles. The number of H-pyrrole nitrogens is 1. The largest absolute Gasteiger partial charge is 0.361 e. The van der Waals surface area contributed by atoms with Crippen molar-refractivity contribution in [3.05, 3.63) is 70.9 Å². The Morgan fingerprint density at radius 2 is 1.80 bits per heavy atom. The van der Waals surface area contributed by atoms with Crippen LogP contribution in [0.2, 0.25) is 0 Å². The number of halogens is 2. The molecule has 0 aliphatic rings. The van der Waals surface area contributed by atoms with Crippen LogP contribution in [0.3, 0.4) is 0 Å². The number of aryl methyl sites for hydroxylation is 1. The lowest BCUT2D eigenvalue weighted by Crippen LogP contribution is -2.42. The van der Waals surface area contributed by atoms with Gasteiger partial charge in [-0.2, -0.15) is 0 Å². The van der Waals surface area contributed by atoms with Crippen LogP contribution in [-0.4, -0.2) is 43.5 Å². The van der Waals surface area contributed by atoms with Gasteiger partial charge in [0.15, 0.2) is 5.96 Å². The maximum atomic E-state index is 13.6. The topological polar surface area (TPSA) is 81.3 Å². The van der Waals surface area contributed by atoms with Crippen molar-refractivity contribution in [3.63, 3.8) is 0 Å². The first-order valence-corrected chi connectivity index (χ1v) is 9.72. The highest BCUT2D eigenvalue weighted by Gasteiger charge is 2.08. The van der Waals surface area contributed by atoms with E-state index in [1.54, 1.807) is 32.2 Å². The molecule has 3 aromatic rings. The smallest absolute Gasteiger partial charge is 0.251 e. The molecule has 8 heteroatoms. The van der Waals surface area contributed by atoms with Crippen LogP contribution in [0.5, 0.6) is 0 Å². The Kier molecular flexibility index (Phi) is 7.00. The number of fused-ring (bicyclic) bond motifs is 1. The maximum absolute atomic E-state index is 13.6. The van der Waals surface area contributed by atoms with Gasteiger partial charge in [0.05, 0.1) is 0 Å². The third-order valence-electron chi connectivity index (χ3n) is 4.78. The van der Waals surface area contributed by atoms with Crippen molar-refractivity contribution in [1.29, 1.82) is 0 Å². The summed E-state index contributed by atoms with van der Waals surface area (Å²) in [5.41, 5.74) is 2.71. The van der Waals surface area contributed by atoms with E-state index in [1.165, 1.54) is 18.2 Å². The van der Waals surface area contributed by atoms with E-state index in [4.69, 9.17) is 0 Å². The van der Waals surface area contributed by atoms with Crippen molar-refractivity contribution in [2.75, 3.05) is 26.7 Å². The standard InChI is InChI=1S/C22H25F2N5O/c1-14-3-4-15(11-19(14)24)21(30)26-9-10-28-22(25-2)27-8-7-16-13-29-20-6-5-17(23)12-18(16)20/h3-6,11-13,29H,7-10H2,1-2H3,(H,26,30)(H2,25,27,28). The molecule has 0 saturated carbocycles. The highest BCUT2D eigenvalue weighted by atomic mass is 19.1. The molecular weight excluding hydrogens is 388 g/mol. The summed E-state index contributed by atoms with van der Waals surface area (Å²) < 4.78 is 27.0. The van der Waals surface area contributed by atoms with Crippen LogP contribution in [0, 0.1) is 18.6 Å². The van der Waals surface area contributed by atoms with Crippen LogP contribution in [0.4, 0.5) is 8.78 Å². The second kappa shape index (κ2) is 9.87. The van der Waals surface area contributed by atoms with Crippen LogP contribution >= 0.6 is 0 Å². The molecule has 3 rings (SSSR count). The minimum atomic E-state index is -0.400. The minimum absolute atomic E-state index is 0.260. The van der Waals surface area contributed by atoms with Gasteiger partial charge in [-0.15, -0.1) is 0 Å². The van der Waals surface area contributed by atoms with Crippen LogP contribution in [0.1, 0.15) is 21.5 Å². The third-order valence-corrected chi connectivity index (χ3v) is 4.78. The molecule has 1 heterocycles. The van der Waals surface area contributed by atoms with Gasteiger partial charge in [0.25, 0.3) is 5.91 Å². The predicted octanol–water partition coefficient (Wildman–Crippen LogP) is 2.89. The summed E-state index contributed by atoms with van der Waals surface area (Å²) >= 11 is 0. The van der Waals surface area contributed by atoms with Gasteiger partial charge in [-0.25, -0.2) is 8.78 Å². The molecule has 2 aromatic carbocycles. The van der Waals surface area contributed by atoms with Crippen LogP contribution in [0.25, 0.3) is 10.9 Å². The zero-order valence-electron chi connectivity index (χ0n) is 17.0. The van der Waals surface area contributed by atoms with Crippen molar-refractivity contribution >= 4 is 22.8 Å². The van der Waals surface area contributed by atoms with E-state index in [9.17, 15) is 13.6 Å². The second-order valence-corrected chi connectivity index (χ2v) is 6.90. The van der Waals surface area contributed by atoms with Gasteiger partial charge in [0.2, 0.25) is 0 Å². The number of aromatic nitrogens is 1. The molecule has 0 aliphatic heterocycles. The zero-order valence-corrected chi connectivity index (χ0v) is 17.0. The van der Waals surface area contributed by atoms with Crippen LogP contribution < -0.4 is 16.0 Å². The maximum Gasteiger partial charge on any atom is 0.251 e. The van der Waals surface area contributed by atoms with Crippen LogP contribution in [0.15, 0.2) is 47.6 Å². The first kappa shape index (κ1) is 21.3. The summed E-state index contributed by atoms with van der Waals surface area (Å²) in [6.07, 6.45) is 2.57. The summed E-state index contributed by atoms with van der Waals surface area (Å²) in [4.78, 5) is 19.4. The lowest BCUT2D eigenvalue weighted by molar-refractivity contribution is 0.0954. The summed E-state index contributed by atoms with van der Waals surface area (Å²) in [5, 5.41) is 9.90. The lowest BCUT2D eigenvalue weighted by atomic mass is 10.1. The molecule has 0 spiro atoms. The molecule has 0 atom stereocenters. The highest BCUT2D eigenvalue weighted by Crippen LogP contribution is 2.19. The number of nitrogens with zero attached hydrogens (tertiary/aromatic N) is 1. The van der Waals surface area contributed by atoms with Gasteiger partial charge < -0.3 is 20.9 Å². The van der Waals surface area contributed by atoms with Gasteiger partial charge in [-0.3, -0.25) is 9.79 Å². The number of carbonyl (C=O) groups is 1. The van der Waals surface area contributed by atoms with E-state index in [0.717, 1.165) is 16.5 Å². The molecule has 0 bridgehead atoms. The molecule has 6 nitrogen and oxygen atoms in total. The van der Waals surface area contributed by atoms with E-state index in [1.807, 2.05) is 6.20 Å². The summed E-state index contributed by atoms with van der Waals surface area (Å²) in [6.45, 7) is 3.07. The Bertz CT molecular complexity index is 1060. The Balaban J connectivity index is 1.41. The normalized spacial score (nSPS) is 11.5.